The summed E-state index contributed by atoms with van der Waals surface area (Å²) in [6, 6.07) is 3.01. The van der Waals surface area contributed by atoms with E-state index >= 15 is 0 Å². The van der Waals surface area contributed by atoms with Crippen molar-refractivity contribution in [3.8, 4) is 5.75 Å². The van der Waals surface area contributed by atoms with Crippen LogP contribution in [0.15, 0.2) is 12.1 Å². The molecule has 62 valence electrons. The van der Waals surface area contributed by atoms with E-state index < -0.39 is 0 Å². The molecule has 0 aliphatic carbocycles. The predicted octanol–water partition coefficient (Wildman–Crippen LogP) is 3.55. The fraction of sp³-hybridized carbons (Fsp3) is 0.125. The van der Waals surface area contributed by atoms with Gasteiger partial charge in [-0.1, -0.05) is 23.2 Å². The molecule has 0 heterocycles. The summed E-state index contributed by atoms with van der Waals surface area (Å²) in [7, 11) is 1.48. The van der Waals surface area contributed by atoms with Crippen LogP contribution in [0.4, 0.5) is 5.69 Å². The molecule has 0 saturated carbocycles. The van der Waals surface area contributed by atoms with Gasteiger partial charge in [0.15, 0.2) is 0 Å². The van der Waals surface area contributed by atoms with Crippen LogP contribution >= 0.6 is 23.2 Å². The minimum atomic E-state index is 0.364. The highest BCUT2D eigenvalue weighted by Gasteiger charge is 2.06. The Balaban J connectivity index is 3.31. The van der Waals surface area contributed by atoms with E-state index in [0.29, 0.717) is 21.5 Å². The van der Waals surface area contributed by atoms with Gasteiger partial charge in [-0.15, -0.1) is 0 Å². The van der Waals surface area contributed by atoms with Crippen molar-refractivity contribution < 1.29 is 4.74 Å². The lowest BCUT2D eigenvalue weighted by Crippen LogP contribution is -1.82. The predicted molar refractivity (Wildman–Crippen MR) is 49.3 cm³/mol. The van der Waals surface area contributed by atoms with Crippen molar-refractivity contribution in [2.45, 2.75) is 0 Å². The summed E-state index contributed by atoms with van der Waals surface area (Å²) in [5.74, 6) is 0.444. The molecule has 0 unspecified atom stereocenters. The highest BCUT2D eigenvalue weighted by Crippen LogP contribution is 2.35. The van der Waals surface area contributed by atoms with Crippen molar-refractivity contribution in [1.29, 1.82) is 0 Å². The van der Waals surface area contributed by atoms with Crippen molar-refractivity contribution >= 4 is 28.9 Å². The van der Waals surface area contributed by atoms with E-state index in [1.54, 1.807) is 0 Å². The summed E-state index contributed by atoms with van der Waals surface area (Å²) in [5, 5.41) is 0.754. The highest BCUT2D eigenvalue weighted by molar-refractivity contribution is 6.42. The fourth-order valence-corrected chi connectivity index (χ4v) is 1.08. The molecule has 0 aliphatic heterocycles. The quantitative estimate of drug-likeness (QED) is 0.634. The average molecular weight is 202 g/mol. The normalized spacial score (nSPS) is 9.17. The second-order valence-corrected chi connectivity index (χ2v) is 2.86. The third-order valence-corrected chi connectivity index (χ3v) is 2.06. The Hall–Kier alpha value is -0.910. The molecule has 12 heavy (non-hydrogen) atoms. The largest absolute Gasteiger partial charge is 0.508 e. The topological polar surface area (TPSA) is 13.6 Å². The standard InChI is InChI=1S/C8H5Cl2NO/c1-11-7-3-5(9)6(10)4-8(7)12-2/h3-4H,2H3. The van der Waals surface area contributed by atoms with Gasteiger partial charge in [-0.05, 0) is 12.1 Å². The molecule has 0 amide bonds. The number of ether oxygens (including phenoxy) is 1. The first-order chi connectivity index (χ1) is 5.69. The van der Waals surface area contributed by atoms with E-state index in [1.807, 2.05) is 0 Å². The second-order valence-electron chi connectivity index (χ2n) is 2.05. The first-order valence-corrected chi connectivity index (χ1v) is 3.85. The van der Waals surface area contributed by atoms with E-state index in [4.69, 9.17) is 34.5 Å². The van der Waals surface area contributed by atoms with Crippen LogP contribution in [0.5, 0.6) is 5.75 Å². The van der Waals surface area contributed by atoms with Crippen LogP contribution in [0.1, 0.15) is 0 Å². The Morgan fingerprint density at radius 2 is 1.92 bits per heavy atom. The van der Waals surface area contributed by atoms with Crippen LogP contribution in [-0.2, 0) is 0 Å². The van der Waals surface area contributed by atoms with Crippen LogP contribution in [0.3, 0.4) is 0 Å². The third kappa shape index (κ3) is 1.63. The van der Waals surface area contributed by atoms with Gasteiger partial charge in [0.1, 0.15) is 5.75 Å². The van der Waals surface area contributed by atoms with Crippen molar-refractivity contribution in [1.82, 2.24) is 0 Å². The maximum absolute atomic E-state index is 6.80. The lowest BCUT2D eigenvalue weighted by Gasteiger charge is -2.03. The monoisotopic (exact) mass is 201 g/mol. The van der Waals surface area contributed by atoms with E-state index in [-0.39, 0.29) is 0 Å². The summed E-state index contributed by atoms with van der Waals surface area (Å²) in [5.41, 5.74) is 0.368. The molecule has 1 aromatic rings. The average Bonchev–Trinajstić information content (AvgIpc) is 2.09. The van der Waals surface area contributed by atoms with Gasteiger partial charge >= 0.3 is 0 Å². The number of hydrogen-bond acceptors (Lipinski definition) is 1. The van der Waals surface area contributed by atoms with E-state index in [9.17, 15) is 0 Å². The van der Waals surface area contributed by atoms with E-state index in [1.165, 1.54) is 19.2 Å². The van der Waals surface area contributed by atoms with Crippen molar-refractivity contribution in [2.75, 3.05) is 7.11 Å². The molecule has 0 bridgehead atoms. The molecule has 0 fully saturated rings. The van der Waals surface area contributed by atoms with Crippen molar-refractivity contribution in [3.05, 3.63) is 33.6 Å². The number of benzene rings is 1. The first kappa shape index (κ1) is 9.18. The maximum atomic E-state index is 6.80. The van der Waals surface area contributed by atoms with Crippen LogP contribution in [0.25, 0.3) is 4.85 Å². The van der Waals surface area contributed by atoms with Gasteiger partial charge in [-0.2, -0.15) is 0 Å². The Morgan fingerprint density at radius 3 is 2.42 bits per heavy atom. The Morgan fingerprint density at radius 1 is 1.33 bits per heavy atom. The minimum absolute atomic E-state index is 0.364. The molecule has 0 radical (unpaired) electrons. The maximum Gasteiger partial charge on any atom is 0.229 e. The van der Waals surface area contributed by atoms with Crippen LogP contribution < -0.4 is 4.74 Å². The Kier molecular flexibility index (Phi) is 2.80. The molecule has 0 saturated heterocycles. The molecule has 0 N–H and O–H groups in total. The molecule has 0 spiro atoms. The molecule has 0 aliphatic rings. The fourth-order valence-electron chi connectivity index (χ4n) is 0.769. The van der Waals surface area contributed by atoms with Gasteiger partial charge in [-0.3, -0.25) is 0 Å². The third-order valence-electron chi connectivity index (χ3n) is 1.34. The summed E-state index contributed by atoms with van der Waals surface area (Å²) >= 11 is 11.4. The van der Waals surface area contributed by atoms with Crippen LogP contribution in [0, 0.1) is 6.57 Å². The SMILES string of the molecule is [C-]#[N+]c1cc(Cl)c(Cl)cc1OC. The molecular formula is C8H5Cl2NO. The molecule has 1 rings (SSSR count). The number of methoxy groups -OCH3 is 1. The van der Waals surface area contributed by atoms with Gasteiger partial charge in [0, 0.05) is 5.02 Å². The summed E-state index contributed by atoms with van der Waals surface area (Å²) < 4.78 is 4.92. The van der Waals surface area contributed by atoms with Crippen molar-refractivity contribution in [2.24, 2.45) is 0 Å². The summed E-state index contributed by atoms with van der Waals surface area (Å²) in [4.78, 5) is 3.23. The number of rotatable bonds is 1. The molecule has 0 aromatic heterocycles. The number of halogens is 2. The summed E-state index contributed by atoms with van der Waals surface area (Å²) in [6.45, 7) is 6.80. The smallest absolute Gasteiger partial charge is 0.229 e. The van der Waals surface area contributed by atoms with Gasteiger partial charge in [0.2, 0.25) is 5.69 Å². The minimum Gasteiger partial charge on any atom is -0.508 e. The number of hydrogen-bond donors (Lipinski definition) is 0. The lowest BCUT2D eigenvalue weighted by molar-refractivity contribution is 0.417. The highest BCUT2D eigenvalue weighted by atomic mass is 35.5. The van der Waals surface area contributed by atoms with Crippen molar-refractivity contribution in [3.63, 3.8) is 0 Å². The van der Waals surface area contributed by atoms with Gasteiger partial charge < -0.3 is 4.74 Å². The number of nitrogens with zero attached hydrogens (tertiary/aromatic N) is 1. The summed E-state index contributed by atoms with van der Waals surface area (Å²) in [6.07, 6.45) is 0. The van der Waals surface area contributed by atoms with Gasteiger partial charge in [0.05, 0.1) is 18.7 Å². The van der Waals surface area contributed by atoms with Gasteiger partial charge in [-0.25, -0.2) is 4.85 Å². The Bertz CT molecular complexity index is 344. The second kappa shape index (κ2) is 3.66. The molecule has 2 nitrogen and oxygen atoms in total. The zero-order chi connectivity index (χ0) is 9.14. The van der Waals surface area contributed by atoms with E-state index in [0.717, 1.165) is 0 Å². The zero-order valence-electron chi connectivity index (χ0n) is 6.27. The Labute approximate surface area is 80.5 Å². The molecular weight excluding hydrogens is 197 g/mol. The van der Waals surface area contributed by atoms with E-state index in [2.05, 4.69) is 4.85 Å². The van der Waals surface area contributed by atoms with Crippen LogP contribution in [-0.4, -0.2) is 7.11 Å². The molecule has 1 aromatic carbocycles. The molecule has 4 heteroatoms. The lowest BCUT2D eigenvalue weighted by atomic mass is 10.3. The molecule has 0 atom stereocenters. The van der Waals surface area contributed by atoms with Gasteiger partial charge in [0.25, 0.3) is 0 Å². The van der Waals surface area contributed by atoms with Crippen LogP contribution in [0.2, 0.25) is 10.0 Å². The first-order valence-electron chi connectivity index (χ1n) is 3.09. The zero-order valence-corrected chi connectivity index (χ0v) is 7.78.